The Kier molecular flexibility index (Phi) is 2.16. The van der Waals surface area contributed by atoms with Crippen LogP contribution in [0.15, 0.2) is 6.20 Å². The standard InChI is InChI=1S/C7H8NO2S/c1-2-9-7(10-3-1)6-4-8-5-11-6/h4,7H,1-3H2. The average Bonchev–Trinajstić information content (AvgIpc) is 2.58. The van der Waals surface area contributed by atoms with Crippen molar-refractivity contribution in [2.75, 3.05) is 13.2 Å². The van der Waals surface area contributed by atoms with Crippen molar-refractivity contribution in [3.8, 4) is 0 Å². The predicted octanol–water partition coefficient (Wildman–Crippen LogP) is 1.38. The van der Waals surface area contributed by atoms with Gasteiger partial charge in [-0.25, -0.2) is 4.98 Å². The van der Waals surface area contributed by atoms with Crippen LogP contribution in [-0.4, -0.2) is 18.2 Å². The maximum Gasteiger partial charge on any atom is 0.194 e. The summed E-state index contributed by atoms with van der Waals surface area (Å²) in [5, 5.41) is 0. The van der Waals surface area contributed by atoms with Gasteiger partial charge in [0, 0.05) is 6.20 Å². The van der Waals surface area contributed by atoms with E-state index in [0.29, 0.717) is 0 Å². The van der Waals surface area contributed by atoms with Crippen molar-refractivity contribution < 1.29 is 9.47 Å². The second-order valence-corrected chi connectivity index (χ2v) is 3.14. The Balaban J connectivity index is 2.04. The zero-order valence-electron chi connectivity index (χ0n) is 5.95. The summed E-state index contributed by atoms with van der Waals surface area (Å²) in [5.41, 5.74) is 2.76. The van der Waals surface area contributed by atoms with Gasteiger partial charge in [-0.05, 0) is 6.42 Å². The van der Waals surface area contributed by atoms with Crippen molar-refractivity contribution in [1.82, 2.24) is 4.98 Å². The molecule has 11 heavy (non-hydrogen) atoms. The molecule has 0 N–H and O–H groups in total. The highest BCUT2D eigenvalue weighted by molar-refractivity contribution is 7.09. The molecule has 0 amide bonds. The minimum absolute atomic E-state index is 0.188. The van der Waals surface area contributed by atoms with Crippen LogP contribution in [-0.2, 0) is 9.47 Å². The van der Waals surface area contributed by atoms with Gasteiger partial charge in [-0.1, -0.05) is 0 Å². The molecule has 0 aromatic carbocycles. The van der Waals surface area contributed by atoms with Gasteiger partial charge in [0.1, 0.15) is 0 Å². The zero-order chi connectivity index (χ0) is 7.52. The Morgan fingerprint density at radius 3 is 3.00 bits per heavy atom. The molecule has 2 heterocycles. The summed E-state index contributed by atoms with van der Waals surface area (Å²) in [6, 6.07) is 0. The van der Waals surface area contributed by atoms with Crippen molar-refractivity contribution >= 4 is 11.3 Å². The molecule has 1 aromatic heterocycles. The summed E-state index contributed by atoms with van der Waals surface area (Å²) in [5.74, 6) is 0. The summed E-state index contributed by atoms with van der Waals surface area (Å²) >= 11 is 1.44. The van der Waals surface area contributed by atoms with E-state index in [1.54, 1.807) is 6.20 Å². The third-order valence-electron chi connectivity index (χ3n) is 1.47. The fourth-order valence-electron chi connectivity index (χ4n) is 0.956. The molecular weight excluding hydrogens is 162 g/mol. The molecule has 3 nitrogen and oxygen atoms in total. The highest BCUT2D eigenvalue weighted by Crippen LogP contribution is 2.24. The SMILES string of the molecule is [c]1ncc(C2OCCCO2)s1. The molecule has 1 radical (unpaired) electrons. The molecule has 1 aliphatic rings. The van der Waals surface area contributed by atoms with Gasteiger partial charge in [0.2, 0.25) is 0 Å². The summed E-state index contributed by atoms with van der Waals surface area (Å²) < 4.78 is 10.7. The molecule has 0 bridgehead atoms. The molecule has 59 valence electrons. The van der Waals surface area contributed by atoms with Crippen LogP contribution in [0.1, 0.15) is 17.6 Å². The number of nitrogens with zero attached hydrogens (tertiary/aromatic N) is 1. The maximum atomic E-state index is 5.35. The number of rotatable bonds is 1. The third kappa shape index (κ3) is 1.58. The van der Waals surface area contributed by atoms with Gasteiger partial charge in [0.15, 0.2) is 11.8 Å². The highest BCUT2D eigenvalue weighted by Gasteiger charge is 2.17. The van der Waals surface area contributed by atoms with Crippen LogP contribution in [0.2, 0.25) is 0 Å². The van der Waals surface area contributed by atoms with Crippen molar-refractivity contribution in [2.24, 2.45) is 0 Å². The van der Waals surface area contributed by atoms with E-state index >= 15 is 0 Å². The molecule has 2 rings (SSSR count). The number of ether oxygens (including phenoxy) is 2. The lowest BCUT2D eigenvalue weighted by Crippen LogP contribution is -2.16. The van der Waals surface area contributed by atoms with E-state index < -0.39 is 0 Å². The van der Waals surface area contributed by atoms with Crippen LogP contribution >= 0.6 is 11.3 Å². The normalized spacial score (nSPS) is 20.4. The fourth-order valence-corrected chi connectivity index (χ4v) is 1.50. The molecule has 1 saturated heterocycles. The molecular formula is C7H8NO2S. The molecule has 4 heteroatoms. The van der Waals surface area contributed by atoms with Crippen molar-refractivity contribution in [3.63, 3.8) is 0 Å². The monoisotopic (exact) mass is 170 g/mol. The van der Waals surface area contributed by atoms with Gasteiger partial charge in [-0.2, -0.15) is 0 Å². The first-order valence-corrected chi connectivity index (χ1v) is 4.33. The number of hydrogen-bond donors (Lipinski definition) is 0. The Bertz CT molecular complexity index is 206. The van der Waals surface area contributed by atoms with Crippen LogP contribution in [0.4, 0.5) is 0 Å². The molecule has 1 fully saturated rings. The fraction of sp³-hybridized carbons (Fsp3) is 0.571. The molecule has 1 aromatic rings. The van der Waals surface area contributed by atoms with Crippen LogP contribution in [0.5, 0.6) is 0 Å². The number of hydrogen-bond acceptors (Lipinski definition) is 4. The molecule has 0 spiro atoms. The van der Waals surface area contributed by atoms with Crippen molar-refractivity contribution in [2.45, 2.75) is 12.7 Å². The lowest BCUT2D eigenvalue weighted by atomic mass is 10.4. The van der Waals surface area contributed by atoms with Gasteiger partial charge >= 0.3 is 0 Å². The van der Waals surface area contributed by atoms with E-state index in [1.165, 1.54) is 11.3 Å². The smallest absolute Gasteiger partial charge is 0.194 e. The first kappa shape index (κ1) is 7.21. The Morgan fingerprint density at radius 1 is 1.55 bits per heavy atom. The van der Waals surface area contributed by atoms with E-state index in [1.807, 2.05) is 0 Å². The van der Waals surface area contributed by atoms with Crippen molar-refractivity contribution in [3.05, 3.63) is 16.6 Å². The predicted molar refractivity (Wildman–Crippen MR) is 40.2 cm³/mol. The summed E-state index contributed by atoms with van der Waals surface area (Å²) in [4.78, 5) is 4.84. The quantitative estimate of drug-likeness (QED) is 0.638. The lowest BCUT2D eigenvalue weighted by molar-refractivity contribution is -0.181. The summed E-state index contributed by atoms with van der Waals surface area (Å²) in [7, 11) is 0. The van der Waals surface area contributed by atoms with Gasteiger partial charge in [0.25, 0.3) is 0 Å². The first-order chi connectivity index (χ1) is 5.47. The Morgan fingerprint density at radius 2 is 2.36 bits per heavy atom. The molecule has 0 atom stereocenters. The molecule has 0 saturated carbocycles. The first-order valence-electron chi connectivity index (χ1n) is 3.52. The summed E-state index contributed by atoms with van der Waals surface area (Å²) in [6.07, 6.45) is 2.53. The molecule has 1 aliphatic heterocycles. The Labute approximate surface area is 69.0 Å². The Hall–Kier alpha value is -0.450. The largest absolute Gasteiger partial charge is 0.348 e. The topological polar surface area (TPSA) is 31.4 Å². The second-order valence-electron chi connectivity index (χ2n) is 2.28. The van der Waals surface area contributed by atoms with Gasteiger partial charge in [-0.3, -0.25) is 0 Å². The van der Waals surface area contributed by atoms with Gasteiger partial charge in [-0.15, -0.1) is 11.3 Å². The summed E-state index contributed by atoms with van der Waals surface area (Å²) in [6.45, 7) is 1.56. The van der Waals surface area contributed by atoms with Crippen LogP contribution in [0.3, 0.4) is 0 Å². The van der Waals surface area contributed by atoms with Gasteiger partial charge < -0.3 is 9.47 Å². The van der Waals surface area contributed by atoms with Crippen molar-refractivity contribution in [1.29, 1.82) is 0 Å². The molecule has 0 aliphatic carbocycles. The second kappa shape index (κ2) is 3.30. The van der Waals surface area contributed by atoms with E-state index in [9.17, 15) is 0 Å². The zero-order valence-corrected chi connectivity index (χ0v) is 6.76. The maximum absolute atomic E-state index is 5.35. The van der Waals surface area contributed by atoms with E-state index in [-0.39, 0.29) is 6.29 Å². The highest BCUT2D eigenvalue weighted by atomic mass is 32.1. The minimum Gasteiger partial charge on any atom is -0.348 e. The van der Waals surface area contributed by atoms with Crippen LogP contribution < -0.4 is 0 Å². The third-order valence-corrected chi connectivity index (χ3v) is 2.20. The van der Waals surface area contributed by atoms with Crippen LogP contribution in [0.25, 0.3) is 0 Å². The van der Waals surface area contributed by atoms with E-state index in [0.717, 1.165) is 24.5 Å². The number of thiazole rings is 1. The number of aromatic nitrogens is 1. The van der Waals surface area contributed by atoms with Gasteiger partial charge in [0.05, 0.1) is 18.1 Å². The minimum atomic E-state index is -0.188. The van der Waals surface area contributed by atoms with E-state index in [4.69, 9.17) is 9.47 Å². The van der Waals surface area contributed by atoms with E-state index in [2.05, 4.69) is 10.5 Å². The molecule has 0 unspecified atom stereocenters. The van der Waals surface area contributed by atoms with Crippen LogP contribution in [0, 0.1) is 5.51 Å². The lowest BCUT2D eigenvalue weighted by Gasteiger charge is -2.21. The average molecular weight is 170 g/mol.